The molecular formula is C26H25NO4S. The summed E-state index contributed by atoms with van der Waals surface area (Å²) in [6.45, 7) is 6.56. The molecule has 0 radical (unpaired) electrons. The van der Waals surface area contributed by atoms with Gasteiger partial charge in [0.05, 0.1) is 24.2 Å². The zero-order chi connectivity index (χ0) is 22.7. The lowest BCUT2D eigenvalue weighted by molar-refractivity contribution is -0.123. The van der Waals surface area contributed by atoms with Crippen LogP contribution in [0.1, 0.15) is 31.9 Å². The van der Waals surface area contributed by atoms with Crippen molar-refractivity contribution in [2.45, 2.75) is 33.4 Å². The molecular weight excluding hydrogens is 422 g/mol. The molecule has 1 aliphatic heterocycles. The summed E-state index contributed by atoms with van der Waals surface area (Å²) in [4.78, 5) is 27.2. The van der Waals surface area contributed by atoms with E-state index in [-0.39, 0.29) is 23.8 Å². The van der Waals surface area contributed by atoms with Crippen LogP contribution in [0.4, 0.5) is 4.79 Å². The van der Waals surface area contributed by atoms with Crippen molar-refractivity contribution in [1.29, 1.82) is 0 Å². The predicted octanol–water partition coefficient (Wildman–Crippen LogP) is 6.26. The van der Waals surface area contributed by atoms with Crippen molar-refractivity contribution in [1.82, 2.24) is 4.90 Å². The molecule has 3 aromatic carbocycles. The van der Waals surface area contributed by atoms with E-state index in [1.807, 2.05) is 81.4 Å². The smallest absolute Gasteiger partial charge is 0.293 e. The first kappa shape index (κ1) is 22.0. The third-order valence-corrected chi connectivity index (χ3v) is 5.86. The Morgan fingerprint density at radius 3 is 2.50 bits per heavy atom. The van der Waals surface area contributed by atoms with Crippen molar-refractivity contribution in [3.63, 3.8) is 0 Å². The van der Waals surface area contributed by atoms with Crippen LogP contribution in [0.5, 0.6) is 11.5 Å². The first-order valence-electron chi connectivity index (χ1n) is 10.6. The van der Waals surface area contributed by atoms with E-state index in [1.165, 1.54) is 4.90 Å². The molecule has 0 unspecified atom stereocenters. The number of nitrogens with zero attached hydrogens (tertiary/aromatic N) is 1. The molecule has 1 saturated heterocycles. The molecule has 1 fully saturated rings. The molecule has 0 saturated carbocycles. The van der Waals surface area contributed by atoms with E-state index in [2.05, 4.69) is 0 Å². The highest BCUT2D eigenvalue weighted by Gasteiger charge is 2.35. The van der Waals surface area contributed by atoms with Crippen molar-refractivity contribution in [2.24, 2.45) is 0 Å². The third kappa shape index (κ3) is 4.81. The lowest BCUT2D eigenvalue weighted by atomic mass is 10.1. The molecule has 4 rings (SSSR count). The Labute approximate surface area is 192 Å². The Morgan fingerprint density at radius 1 is 0.969 bits per heavy atom. The second kappa shape index (κ2) is 9.49. The summed E-state index contributed by atoms with van der Waals surface area (Å²) >= 11 is 0.960. The van der Waals surface area contributed by atoms with Gasteiger partial charge in [-0.3, -0.25) is 14.5 Å². The van der Waals surface area contributed by atoms with Gasteiger partial charge in [0, 0.05) is 0 Å². The molecule has 3 aromatic rings. The van der Waals surface area contributed by atoms with Crippen LogP contribution in [0.2, 0.25) is 0 Å². The first-order valence-corrected chi connectivity index (χ1v) is 11.4. The number of ether oxygens (including phenoxy) is 2. The number of hydrogen-bond acceptors (Lipinski definition) is 5. The van der Waals surface area contributed by atoms with Crippen molar-refractivity contribution >= 4 is 39.8 Å². The van der Waals surface area contributed by atoms with Crippen LogP contribution in [-0.2, 0) is 11.3 Å². The highest BCUT2D eigenvalue weighted by molar-refractivity contribution is 8.18. The van der Waals surface area contributed by atoms with E-state index in [1.54, 1.807) is 6.08 Å². The zero-order valence-electron chi connectivity index (χ0n) is 18.3. The third-order valence-electron chi connectivity index (χ3n) is 4.96. The maximum absolute atomic E-state index is 13.0. The molecule has 0 aromatic heterocycles. The van der Waals surface area contributed by atoms with Gasteiger partial charge in [-0.05, 0) is 78.7 Å². The summed E-state index contributed by atoms with van der Waals surface area (Å²) in [5.74, 6) is 0.988. The zero-order valence-corrected chi connectivity index (χ0v) is 19.1. The van der Waals surface area contributed by atoms with E-state index >= 15 is 0 Å². The van der Waals surface area contributed by atoms with Crippen LogP contribution < -0.4 is 9.47 Å². The van der Waals surface area contributed by atoms with Gasteiger partial charge in [0.2, 0.25) is 0 Å². The molecule has 0 N–H and O–H groups in total. The lowest BCUT2D eigenvalue weighted by Gasteiger charge is -2.15. The molecule has 0 bridgehead atoms. The van der Waals surface area contributed by atoms with Gasteiger partial charge in [0.1, 0.15) is 0 Å². The number of carbonyl (C=O) groups excluding carboxylic acids is 2. The SMILES string of the molecule is CCOc1cc(/C=C2\SC(=O)N(Cc3ccc4ccccc4c3)C2=O)ccc1OC(C)C. The van der Waals surface area contributed by atoms with E-state index in [0.29, 0.717) is 23.0 Å². The van der Waals surface area contributed by atoms with Crippen LogP contribution >= 0.6 is 11.8 Å². The molecule has 0 atom stereocenters. The summed E-state index contributed by atoms with van der Waals surface area (Å²) in [5, 5.41) is 1.94. The Bertz CT molecular complexity index is 1200. The molecule has 32 heavy (non-hydrogen) atoms. The van der Waals surface area contributed by atoms with Crippen LogP contribution in [0.25, 0.3) is 16.8 Å². The quantitative estimate of drug-likeness (QED) is 0.400. The van der Waals surface area contributed by atoms with Gasteiger partial charge in [-0.15, -0.1) is 0 Å². The van der Waals surface area contributed by atoms with Gasteiger partial charge >= 0.3 is 0 Å². The van der Waals surface area contributed by atoms with Gasteiger partial charge in [-0.2, -0.15) is 0 Å². The van der Waals surface area contributed by atoms with E-state index in [9.17, 15) is 9.59 Å². The molecule has 2 amide bonds. The van der Waals surface area contributed by atoms with E-state index in [0.717, 1.165) is 33.7 Å². The van der Waals surface area contributed by atoms with Gasteiger partial charge in [0.15, 0.2) is 11.5 Å². The molecule has 164 valence electrons. The van der Waals surface area contributed by atoms with Gasteiger partial charge in [-0.1, -0.05) is 42.5 Å². The highest BCUT2D eigenvalue weighted by Crippen LogP contribution is 2.36. The van der Waals surface area contributed by atoms with Crippen LogP contribution in [0.15, 0.2) is 65.6 Å². The second-order valence-electron chi connectivity index (χ2n) is 7.76. The summed E-state index contributed by atoms with van der Waals surface area (Å²) < 4.78 is 11.5. The molecule has 0 spiro atoms. The minimum atomic E-state index is -0.284. The molecule has 5 nitrogen and oxygen atoms in total. The Kier molecular flexibility index (Phi) is 6.51. The maximum Gasteiger partial charge on any atom is 0.293 e. The number of thioether (sulfide) groups is 1. The summed E-state index contributed by atoms with van der Waals surface area (Å²) in [7, 11) is 0. The van der Waals surface area contributed by atoms with Gasteiger partial charge in [0.25, 0.3) is 11.1 Å². The number of imide groups is 1. The van der Waals surface area contributed by atoms with Crippen LogP contribution in [0.3, 0.4) is 0 Å². The fourth-order valence-corrected chi connectivity index (χ4v) is 4.38. The summed E-state index contributed by atoms with van der Waals surface area (Å²) in [5.41, 5.74) is 1.70. The van der Waals surface area contributed by atoms with Crippen molar-refractivity contribution in [2.75, 3.05) is 6.61 Å². The van der Waals surface area contributed by atoms with E-state index < -0.39 is 0 Å². The normalized spacial score (nSPS) is 15.2. The minimum Gasteiger partial charge on any atom is -0.490 e. The topological polar surface area (TPSA) is 55.8 Å². The lowest BCUT2D eigenvalue weighted by Crippen LogP contribution is -2.27. The first-order chi connectivity index (χ1) is 15.4. The fraction of sp³-hybridized carbons (Fsp3) is 0.231. The second-order valence-corrected chi connectivity index (χ2v) is 8.75. The predicted molar refractivity (Wildman–Crippen MR) is 129 cm³/mol. The van der Waals surface area contributed by atoms with Crippen LogP contribution in [0, 0.1) is 0 Å². The number of carbonyl (C=O) groups is 2. The van der Waals surface area contributed by atoms with Crippen LogP contribution in [-0.4, -0.2) is 28.8 Å². The summed E-state index contributed by atoms with van der Waals surface area (Å²) in [6, 6.07) is 19.5. The largest absolute Gasteiger partial charge is 0.490 e. The molecule has 0 aliphatic carbocycles. The molecule has 1 aliphatic rings. The number of fused-ring (bicyclic) bond motifs is 1. The number of amides is 2. The van der Waals surface area contributed by atoms with E-state index in [4.69, 9.17) is 9.47 Å². The molecule has 1 heterocycles. The number of benzene rings is 3. The Balaban J connectivity index is 1.55. The minimum absolute atomic E-state index is 0.0201. The fourth-order valence-electron chi connectivity index (χ4n) is 3.54. The monoisotopic (exact) mass is 447 g/mol. The van der Waals surface area contributed by atoms with Crippen molar-refractivity contribution in [3.05, 3.63) is 76.7 Å². The van der Waals surface area contributed by atoms with Crippen molar-refractivity contribution < 1.29 is 19.1 Å². The van der Waals surface area contributed by atoms with Gasteiger partial charge < -0.3 is 9.47 Å². The average molecular weight is 448 g/mol. The highest BCUT2D eigenvalue weighted by atomic mass is 32.2. The Morgan fingerprint density at radius 2 is 1.75 bits per heavy atom. The summed E-state index contributed by atoms with van der Waals surface area (Å²) in [6.07, 6.45) is 1.75. The van der Waals surface area contributed by atoms with Crippen molar-refractivity contribution in [3.8, 4) is 11.5 Å². The Hall–Kier alpha value is -3.25. The maximum atomic E-state index is 13.0. The molecule has 6 heteroatoms. The number of hydrogen-bond donors (Lipinski definition) is 0. The van der Waals surface area contributed by atoms with Gasteiger partial charge in [-0.25, -0.2) is 0 Å². The standard InChI is InChI=1S/C26H25NO4S/c1-4-30-23-14-18(10-12-22(23)31-17(2)3)15-24-25(28)27(26(29)32-24)16-19-9-11-20-7-5-6-8-21(20)13-19/h5-15,17H,4,16H2,1-3H3/b24-15-. The number of rotatable bonds is 7. The average Bonchev–Trinajstić information content (AvgIpc) is 3.02.